The Morgan fingerprint density at radius 2 is 1.83 bits per heavy atom. The summed E-state index contributed by atoms with van der Waals surface area (Å²) < 4.78 is 0. The molecule has 0 aromatic carbocycles. The first-order valence-electron chi connectivity index (χ1n) is 7.66. The molecule has 3 nitrogen and oxygen atoms in total. The summed E-state index contributed by atoms with van der Waals surface area (Å²) in [5, 5.41) is 3.74. The van der Waals surface area contributed by atoms with Crippen LogP contribution in [0.1, 0.15) is 52.9 Å². The van der Waals surface area contributed by atoms with E-state index in [0.717, 1.165) is 44.7 Å². The van der Waals surface area contributed by atoms with Gasteiger partial charge in [0.15, 0.2) is 0 Å². The van der Waals surface area contributed by atoms with E-state index in [1.807, 2.05) is 0 Å². The van der Waals surface area contributed by atoms with E-state index in [9.17, 15) is 4.79 Å². The van der Waals surface area contributed by atoms with Crippen molar-refractivity contribution >= 4 is 5.91 Å². The van der Waals surface area contributed by atoms with Crippen LogP contribution in [-0.4, -0.2) is 36.0 Å². The van der Waals surface area contributed by atoms with Crippen molar-refractivity contribution in [2.75, 3.05) is 13.1 Å². The van der Waals surface area contributed by atoms with Gasteiger partial charge >= 0.3 is 0 Å². The van der Waals surface area contributed by atoms with Crippen molar-refractivity contribution in [3.05, 3.63) is 0 Å². The van der Waals surface area contributed by atoms with E-state index in [-0.39, 0.29) is 0 Å². The molecule has 2 aliphatic rings. The van der Waals surface area contributed by atoms with Gasteiger partial charge in [0.1, 0.15) is 0 Å². The average molecular weight is 252 g/mol. The van der Waals surface area contributed by atoms with Crippen molar-refractivity contribution in [3.8, 4) is 0 Å². The van der Waals surface area contributed by atoms with Crippen LogP contribution in [0.4, 0.5) is 0 Å². The lowest BCUT2D eigenvalue weighted by Gasteiger charge is -2.35. The maximum Gasteiger partial charge on any atom is 0.225 e. The van der Waals surface area contributed by atoms with Crippen LogP contribution in [0.3, 0.4) is 0 Å². The molecule has 0 aromatic heterocycles. The van der Waals surface area contributed by atoms with Gasteiger partial charge in [-0.3, -0.25) is 4.79 Å². The molecule has 0 aromatic rings. The summed E-state index contributed by atoms with van der Waals surface area (Å²) in [4.78, 5) is 14.0. The number of amides is 1. The molecule has 2 unspecified atom stereocenters. The van der Waals surface area contributed by atoms with E-state index in [1.165, 1.54) is 6.42 Å². The highest BCUT2D eigenvalue weighted by Crippen LogP contribution is 2.31. The molecule has 1 saturated carbocycles. The van der Waals surface area contributed by atoms with Crippen molar-refractivity contribution < 1.29 is 4.79 Å². The maximum atomic E-state index is 11.9. The minimum absolute atomic E-state index is 0.383. The highest BCUT2D eigenvalue weighted by Gasteiger charge is 2.35. The van der Waals surface area contributed by atoms with Crippen LogP contribution in [0.2, 0.25) is 0 Å². The van der Waals surface area contributed by atoms with Crippen LogP contribution in [0.5, 0.6) is 0 Å². The van der Waals surface area contributed by atoms with Crippen molar-refractivity contribution in [1.29, 1.82) is 0 Å². The first-order chi connectivity index (χ1) is 8.61. The van der Waals surface area contributed by atoms with Crippen molar-refractivity contribution in [1.82, 2.24) is 10.2 Å². The number of hydrogen-bond acceptors (Lipinski definition) is 2. The highest BCUT2D eigenvalue weighted by molar-refractivity contribution is 5.81. The van der Waals surface area contributed by atoms with Crippen LogP contribution in [0.25, 0.3) is 0 Å². The fourth-order valence-electron chi connectivity index (χ4n) is 2.74. The molecule has 0 spiro atoms. The molecule has 1 heterocycles. The monoisotopic (exact) mass is 252 g/mol. The number of carbonyl (C=O) groups excluding carboxylic acids is 1. The Bertz CT molecular complexity index is 280. The second-order valence-corrected chi connectivity index (χ2v) is 6.21. The van der Waals surface area contributed by atoms with E-state index < -0.39 is 0 Å². The van der Waals surface area contributed by atoms with Crippen LogP contribution >= 0.6 is 0 Å². The Hall–Kier alpha value is -0.570. The molecular weight excluding hydrogens is 224 g/mol. The minimum Gasteiger partial charge on any atom is -0.342 e. The molecule has 2 rings (SSSR count). The summed E-state index contributed by atoms with van der Waals surface area (Å²) in [6.07, 6.45) is 5.73. The standard InChI is InChI=1S/C15H28N2O/c1-4-11(2)12(3)16-14-7-9-17(10-8-14)15(18)13-5-6-13/h11-14,16H,4-10H2,1-3H3. The lowest BCUT2D eigenvalue weighted by atomic mass is 9.97. The molecule has 2 fully saturated rings. The van der Waals surface area contributed by atoms with Gasteiger partial charge in [-0.25, -0.2) is 0 Å². The second kappa shape index (κ2) is 6.05. The van der Waals surface area contributed by atoms with Gasteiger partial charge in [0, 0.05) is 31.1 Å². The summed E-state index contributed by atoms with van der Waals surface area (Å²) in [7, 11) is 0. The first-order valence-corrected chi connectivity index (χ1v) is 7.66. The average Bonchev–Trinajstić information content (AvgIpc) is 3.22. The van der Waals surface area contributed by atoms with Crippen LogP contribution in [-0.2, 0) is 4.79 Å². The molecule has 0 bridgehead atoms. The van der Waals surface area contributed by atoms with Gasteiger partial charge in [0.25, 0.3) is 0 Å². The predicted octanol–water partition coefficient (Wildman–Crippen LogP) is 2.41. The maximum absolute atomic E-state index is 11.9. The Labute approximate surface area is 111 Å². The van der Waals surface area contributed by atoms with E-state index in [2.05, 4.69) is 31.0 Å². The predicted molar refractivity (Wildman–Crippen MR) is 74.4 cm³/mol. The molecule has 104 valence electrons. The fourth-order valence-corrected chi connectivity index (χ4v) is 2.74. The molecule has 1 amide bonds. The van der Waals surface area contributed by atoms with E-state index in [1.54, 1.807) is 0 Å². The molecule has 1 aliphatic heterocycles. The first kappa shape index (κ1) is 13.9. The summed E-state index contributed by atoms with van der Waals surface area (Å²) in [6, 6.07) is 1.20. The highest BCUT2D eigenvalue weighted by atomic mass is 16.2. The third-order valence-corrected chi connectivity index (χ3v) is 4.73. The zero-order chi connectivity index (χ0) is 13.1. The van der Waals surface area contributed by atoms with Gasteiger partial charge in [-0.2, -0.15) is 0 Å². The quantitative estimate of drug-likeness (QED) is 0.815. The largest absolute Gasteiger partial charge is 0.342 e. The van der Waals surface area contributed by atoms with E-state index in [0.29, 0.717) is 23.9 Å². The smallest absolute Gasteiger partial charge is 0.225 e. The zero-order valence-electron chi connectivity index (χ0n) is 12.1. The second-order valence-electron chi connectivity index (χ2n) is 6.21. The van der Waals surface area contributed by atoms with Gasteiger partial charge in [-0.05, 0) is 38.5 Å². The summed E-state index contributed by atoms with van der Waals surface area (Å²) in [5.74, 6) is 1.54. The molecule has 18 heavy (non-hydrogen) atoms. The number of hydrogen-bond donors (Lipinski definition) is 1. The third kappa shape index (κ3) is 3.47. The minimum atomic E-state index is 0.383. The summed E-state index contributed by atoms with van der Waals surface area (Å²) in [5.41, 5.74) is 0. The summed E-state index contributed by atoms with van der Waals surface area (Å²) >= 11 is 0. The topological polar surface area (TPSA) is 32.3 Å². The fraction of sp³-hybridized carbons (Fsp3) is 0.933. The molecule has 3 heteroatoms. The Morgan fingerprint density at radius 1 is 1.22 bits per heavy atom. The molecule has 0 radical (unpaired) electrons. The number of likely N-dealkylation sites (tertiary alicyclic amines) is 1. The number of piperidine rings is 1. The zero-order valence-corrected chi connectivity index (χ0v) is 12.1. The Balaban J connectivity index is 1.71. The number of carbonyl (C=O) groups is 1. The molecule has 1 aliphatic carbocycles. The third-order valence-electron chi connectivity index (χ3n) is 4.73. The normalized spacial score (nSPS) is 24.9. The molecule has 1 saturated heterocycles. The van der Waals surface area contributed by atoms with E-state index in [4.69, 9.17) is 0 Å². The van der Waals surface area contributed by atoms with Crippen molar-refractivity contribution in [3.63, 3.8) is 0 Å². The van der Waals surface area contributed by atoms with Crippen molar-refractivity contribution in [2.45, 2.75) is 65.0 Å². The van der Waals surface area contributed by atoms with Crippen molar-refractivity contribution in [2.24, 2.45) is 11.8 Å². The molecular formula is C15H28N2O. The number of rotatable bonds is 5. The van der Waals surface area contributed by atoms with Gasteiger partial charge in [0.2, 0.25) is 5.91 Å². The van der Waals surface area contributed by atoms with Gasteiger partial charge in [-0.1, -0.05) is 20.3 Å². The van der Waals surface area contributed by atoms with Crippen LogP contribution < -0.4 is 5.32 Å². The SMILES string of the molecule is CCC(C)C(C)NC1CCN(C(=O)C2CC2)CC1. The molecule has 1 N–H and O–H groups in total. The van der Waals surface area contributed by atoms with Gasteiger partial charge < -0.3 is 10.2 Å². The Morgan fingerprint density at radius 3 is 2.33 bits per heavy atom. The number of nitrogens with zero attached hydrogens (tertiary/aromatic N) is 1. The van der Waals surface area contributed by atoms with E-state index >= 15 is 0 Å². The summed E-state index contributed by atoms with van der Waals surface area (Å²) in [6.45, 7) is 8.76. The Kier molecular flexibility index (Phi) is 4.66. The van der Waals surface area contributed by atoms with Gasteiger partial charge in [-0.15, -0.1) is 0 Å². The van der Waals surface area contributed by atoms with Gasteiger partial charge in [0.05, 0.1) is 0 Å². The van der Waals surface area contributed by atoms with Crippen LogP contribution in [0, 0.1) is 11.8 Å². The van der Waals surface area contributed by atoms with Crippen LogP contribution in [0.15, 0.2) is 0 Å². The number of nitrogens with one attached hydrogen (secondary N) is 1. The lowest BCUT2D eigenvalue weighted by Crippen LogP contribution is -2.48. The molecule has 2 atom stereocenters. The lowest BCUT2D eigenvalue weighted by molar-refractivity contribution is -0.133.